The highest BCUT2D eigenvalue weighted by molar-refractivity contribution is 5.97. The lowest BCUT2D eigenvalue weighted by Crippen LogP contribution is -2.01. The average molecular weight is 677 g/mol. The van der Waals surface area contributed by atoms with E-state index in [0.717, 1.165) is 24.6 Å². The van der Waals surface area contributed by atoms with Gasteiger partial charge in [-0.1, -0.05) is 225 Å². The summed E-state index contributed by atoms with van der Waals surface area (Å²) in [4.78, 5) is 11.9. The van der Waals surface area contributed by atoms with Crippen LogP contribution in [0.15, 0.2) is 30.3 Å². The lowest BCUT2D eigenvalue weighted by molar-refractivity contribution is 0.0697. The molecule has 0 heterocycles. The van der Waals surface area contributed by atoms with Gasteiger partial charge in [0, 0.05) is 0 Å². The molecule has 0 spiro atoms. The van der Waals surface area contributed by atoms with Gasteiger partial charge in [-0.15, -0.1) is 0 Å². The molecule has 0 atom stereocenters. The Bertz CT molecular complexity index is 1060. The van der Waals surface area contributed by atoms with E-state index in [2.05, 4.69) is 32.0 Å². The van der Waals surface area contributed by atoms with Gasteiger partial charge in [0.2, 0.25) is 0 Å². The minimum atomic E-state index is -0.807. The molecule has 0 unspecified atom stereocenters. The maximum atomic E-state index is 11.9. The zero-order valence-electron chi connectivity index (χ0n) is 32.8. The third-order valence-electron chi connectivity index (χ3n) is 11.0. The largest absolute Gasteiger partial charge is 0.478 e. The predicted molar refractivity (Wildman–Crippen MR) is 217 cm³/mol. The molecule has 2 rings (SSSR count). The summed E-state index contributed by atoms with van der Waals surface area (Å²) in [7, 11) is 0. The minimum Gasteiger partial charge on any atom is -0.478 e. The number of carbonyl (C=O) groups is 1. The van der Waals surface area contributed by atoms with Crippen LogP contribution in [0.4, 0.5) is 0 Å². The molecule has 49 heavy (non-hydrogen) atoms. The Morgan fingerprint density at radius 1 is 0.429 bits per heavy atom. The van der Waals surface area contributed by atoms with Crippen molar-refractivity contribution in [2.24, 2.45) is 0 Å². The Kier molecular flexibility index (Phi) is 27.4. The molecule has 0 aliphatic heterocycles. The lowest BCUT2D eigenvalue weighted by Gasteiger charge is -2.14. The molecule has 0 saturated heterocycles. The summed E-state index contributed by atoms with van der Waals surface area (Å²) >= 11 is 0. The summed E-state index contributed by atoms with van der Waals surface area (Å²) in [5.74, 6) is -0.807. The van der Waals surface area contributed by atoms with Gasteiger partial charge >= 0.3 is 5.97 Å². The van der Waals surface area contributed by atoms with Gasteiger partial charge in [-0.2, -0.15) is 0 Å². The monoisotopic (exact) mass is 677 g/mol. The van der Waals surface area contributed by atoms with Crippen molar-refractivity contribution in [1.82, 2.24) is 0 Å². The van der Waals surface area contributed by atoms with Crippen LogP contribution in [-0.4, -0.2) is 11.1 Å². The van der Waals surface area contributed by atoms with Crippen LogP contribution in [-0.2, 0) is 12.8 Å². The minimum absolute atomic E-state index is 0.443. The molecule has 0 radical (unpaired) electrons. The second-order valence-corrected chi connectivity index (χ2v) is 15.6. The quantitative estimate of drug-likeness (QED) is 0.0738. The van der Waals surface area contributed by atoms with E-state index in [9.17, 15) is 9.90 Å². The van der Waals surface area contributed by atoms with E-state index in [-0.39, 0.29) is 0 Å². The Morgan fingerprint density at radius 3 is 1.10 bits per heavy atom. The summed E-state index contributed by atoms with van der Waals surface area (Å²) in [5.41, 5.74) is 3.12. The summed E-state index contributed by atoms with van der Waals surface area (Å²) in [6.45, 7) is 4.59. The molecule has 2 aromatic rings. The van der Waals surface area contributed by atoms with Crippen LogP contribution in [0.3, 0.4) is 0 Å². The zero-order chi connectivity index (χ0) is 35.0. The first kappa shape index (κ1) is 43.3. The third kappa shape index (κ3) is 21.9. The molecule has 2 heteroatoms. The van der Waals surface area contributed by atoms with E-state index < -0.39 is 5.97 Å². The van der Waals surface area contributed by atoms with Gasteiger partial charge in [-0.05, 0) is 59.7 Å². The van der Waals surface area contributed by atoms with E-state index >= 15 is 0 Å². The smallest absolute Gasteiger partial charge is 0.335 e. The summed E-state index contributed by atoms with van der Waals surface area (Å²) < 4.78 is 0. The summed E-state index contributed by atoms with van der Waals surface area (Å²) in [5, 5.41) is 12.3. The number of fused-ring (bicyclic) bond motifs is 1. The van der Waals surface area contributed by atoms with Crippen molar-refractivity contribution < 1.29 is 9.90 Å². The molecule has 0 saturated carbocycles. The van der Waals surface area contributed by atoms with Gasteiger partial charge in [0.15, 0.2) is 0 Å². The van der Waals surface area contributed by atoms with E-state index in [0.29, 0.717) is 5.56 Å². The fourth-order valence-electron chi connectivity index (χ4n) is 7.86. The summed E-state index contributed by atoms with van der Waals surface area (Å²) in [6.07, 6.45) is 46.5. The van der Waals surface area contributed by atoms with Crippen molar-refractivity contribution in [2.45, 2.75) is 232 Å². The molecule has 0 amide bonds. The second kappa shape index (κ2) is 30.9. The van der Waals surface area contributed by atoms with Crippen molar-refractivity contribution in [3.05, 3.63) is 47.0 Å². The van der Waals surface area contributed by atoms with Crippen LogP contribution in [0, 0.1) is 0 Å². The van der Waals surface area contributed by atoms with Gasteiger partial charge in [-0.3, -0.25) is 0 Å². The van der Waals surface area contributed by atoms with Crippen LogP contribution in [0.5, 0.6) is 0 Å². The van der Waals surface area contributed by atoms with Crippen molar-refractivity contribution in [3.63, 3.8) is 0 Å². The maximum absolute atomic E-state index is 11.9. The highest BCUT2D eigenvalue weighted by Crippen LogP contribution is 2.29. The van der Waals surface area contributed by atoms with E-state index in [1.54, 1.807) is 0 Å². The molecule has 0 aliphatic rings. The standard InChI is InChI=1S/C47H80O2/c1-3-5-7-9-11-13-15-17-19-21-23-25-27-29-31-33-36-42-38-35-39-44-41-45(47(48)49)40-43(46(42)44)37-34-32-30-28-26-24-22-20-18-16-14-12-10-8-6-4-2/h35,38-41H,3-34,36-37H2,1-2H3,(H,48,49). The molecule has 0 aliphatic carbocycles. The lowest BCUT2D eigenvalue weighted by atomic mass is 9.91. The Balaban J connectivity index is 1.60. The molecule has 2 aromatic carbocycles. The first-order valence-corrected chi connectivity index (χ1v) is 21.9. The van der Waals surface area contributed by atoms with Crippen molar-refractivity contribution >= 4 is 16.7 Å². The number of hydrogen-bond acceptors (Lipinski definition) is 1. The SMILES string of the molecule is CCCCCCCCCCCCCCCCCCc1cccc2cc(C(=O)O)cc(CCCCCCCCCCCCCCCCCC)c12. The van der Waals surface area contributed by atoms with E-state index in [4.69, 9.17) is 0 Å². The maximum Gasteiger partial charge on any atom is 0.335 e. The summed E-state index contributed by atoms with van der Waals surface area (Å²) in [6, 6.07) is 10.4. The van der Waals surface area contributed by atoms with Gasteiger partial charge in [0.1, 0.15) is 0 Å². The van der Waals surface area contributed by atoms with Crippen molar-refractivity contribution in [1.29, 1.82) is 0 Å². The fourth-order valence-corrected chi connectivity index (χ4v) is 7.86. The topological polar surface area (TPSA) is 37.3 Å². The average Bonchev–Trinajstić information content (AvgIpc) is 3.11. The normalized spacial score (nSPS) is 11.6. The molecular weight excluding hydrogens is 597 g/mol. The van der Waals surface area contributed by atoms with E-state index in [1.807, 2.05) is 12.1 Å². The van der Waals surface area contributed by atoms with Crippen LogP contribution >= 0.6 is 0 Å². The molecule has 0 aromatic heterocycles. The van der Waals surface area contributed by atoms with Gasteiger partial charge < -0.3 is 5.11 Å². The molecule has 0 bridgehead atoms. The van der Waals surface area contributed by atoms with Crippen molar-refractivity contribution in [3.8, 4) is 0 Å². The van der Waals surface area contributed by atoms with Gasteiger partial charge in [0.05, 0.1) is 5.56 Å². The Hall–Kier alpha value is -1.83. The van der Waals surface area contributed by atoms with Crippen LogP contribution in [0.25, 0.3) is 10.8 Å². The molecule has 0 fully saturated rings. The van der Waals surface area contributed by atoms with Gasteiger partial charge in [-0.25, -0.2) is 4.79 Å². The fraction of sp³-hybridized carbons (Fsp3) is 0.766. The number of unbranched alkanes of at least 4 members (excludes halogenated alkanes) is 30. The van der Waals surface area contributed by atoms with Crippen molar-refractivity contribution in [2.75, 3.05) is 0 Å². The molecule has 2 nitrogen and oxygen atoms in total. The van der Waals surface area contributed by atoms with E-state index in [1.165, 1.54) is 216 Å². The first-order valence-electron chi connectivity index (χ1n) is 21.9. The van der Waals surface area contributed by atoms with Gasteiger partial charge in [0.25, 0.3) is 0 Å². The number of carboxylic acid groups (broad SMARTS) is 1. The molecular formula is C47H80O2. The zero-order valence-corrected chi connectivity index (χ0v) is 32.8. The van der Waals surface area contributed by atoms with Crippen LogP contribution < -0.4 is 0 Å². The number of aryl methyl sites for hydroxylation is 2. The highest BCUT2D eigenvalue weighted by Gasteiger charge is 2.12. The number of rotatable bonds is 35. The second-order valence-electron chi connectivity index (χ2n) is 15.6. The third-order valence-corrected chi connectivity index (χ3v) is 11.0. The molecule has 1 N–H and O–H groups in total. The first-order chi connectivity index (χ1) is 24.2. The molecule has 280 valence electrons. The number of aromatic carboxylic acids is 1. The predicted octanol–water partition coefficient (Wildman–Crippen LogP) is 16.1. The number of hydrogen-bond donors (Lipinski definition) is 1. The van der Waals surface area contributed by atoms with Crippen LogP contribution in [0.2, 0.25) is 0 Å². The highest BCUT2D eigenvalue weighted by atomic mass is 16.4. The number of benzene rings is 2. The van der Waals surface area contributed by atoms with Crippen LogP contribution in [0.1, 0.15) is 241 Å². The number of carboxylic acids is 1. The Morgan fingerprint density at radius 2 is 0.755 bits per heavy atom. The Labute approximate surface area is 305 Å².